The van der Waals surface area contributed by atoms with Gasteiger partial charge in [-0.25, -0.2) is 4.79 Å². The van der Waals surface area contributed by atoms with E-state index in [-0.39, 0.29) is 24.8 Å². The van der Waals surface area contributed by atoms with Gasteiger partial charge in [0.25, 0.3) is 5.91 Å². The number of nitrogens with zero attached hydrogens (tertiary/aromatic N) is 3. The first-order valence-electron chi connectivity index (χ1n) is 10.3. The summed E-state index contributed by atoms with van der Waals surface area (Å²) in [6.07, 6.45) is 2.63. The Morgan fingerprint density at radius 2 is 1.83 bits per heavy atom. The molecule has 2 amide bonds. The number of aromatic amines is 1. The maximum Gasteiger partial charge on any atom is 0.340 e. The van der Waals surface area contributed by atoms with E-state index in [4.69, 9.17) is 4.74 Å². The van der Waals surface area contributed by atoms with E-state index >= 15 is 0 Å². The first kappa shape index (κ1) is 21.5. The van der Waals surface area contributed by atoms with Gasteiger partial charge in [-0.05, 0) is 44.9 Å². The van der Waals surface area contributed by atoms with E-state index in [1.807, 2.05) is 18.2 Å². The summed E-state index contributed by atoms with van der Waals surface area (Å²) in [5, 5.41) is 0. The second kappa shape index (κ2) is 9.56. The van der Waals surface area contributed by atoms with Crippen LogP contribution < -0.4 is 0 Å². The number of pyridine rings is 1. The zero-order valence-electron chi connectivity index (χ0n) is 17.7. The lowest BCUT2D eigenvalue weighted by atomic mass is 10.1. The molecular weight excluding hydrogens is 384 g/mol. The van der Waals surface area contributed by atoms with Crippen LogP contribution in [0.4, 0.5) is 0 Å². The number of aryl methyl sites for hydroxylation is 1. The molecule has 0 unspecified atom stereocenters. The lowest BCUT2D eigenvalue weighted by molar-refractivity contribution is -0.130. The molecule has 8 heteroatoms. The van der Waals surface area contributed by atoms with Gasteiger partial charge >= 0.3 is 5.97 Å². The minimum Gasteiger partial charge on any atom is -0.462 e. The molecular formula is C22H28N4O4. The zero-order chi connectivity index (χ0) is 21.7. The highest BCUT2D eigenvalue weighted by molar-refractivity contribution is 6.00. The molecule has 0 aliphatic carbocycles. The summed E-state index contributed by atoms with van der Waals surface area (Å²) in [7, 11) is 0. The van der Waals surface area contributed by atoms with Crippen molar-refractivity contribution in [3.63, 3.8) is 0 Å². The minimum atomic E-state index is -0.426. The molecule has 2 aromatic heterocycles. The number of esters is 1. The second-order valence-electron chi connectivity index (χ2n) is 7.37. The van der Waals surface area contributed by atoms with Gasteiger partial charge in [0.05, 0.1) is 18.6 Å². The molecule has 1 aliphatic rings. The van der Waals surface area contributed by atoms with Crippen molar-refractivity contribution in [3.05, 3.63) is 52.6 Å². The Morgan fingerprint density at radius 1 is 1.10 bits per heavy atom. The standard InChI is InChI=1S/C22H28N4O4/c1-4-30-22(29)19-15(2)20(24-16(19)3)21(28)26-11-7-10-25(12-13-26)18(27)14-17-8-5-6-9-23-17/h5-6,8-9,24H,4,7,10-14H2,1-3H3. The Hall–Kier alpha value is -3.16. The normalized spacial score (nSPS) is 14.4. The smallest absolute Gasteiger partial charge is 0.340 e. The number of ether oxygens (including phenoxy) is 1. The predicted octanol–water partition coefficient (Wildman–Crippen LogP) is 2.12. The molecule has 3 heterocycles. The van der Waals surface area contributed by atoms with Gasteiger partial charge in [0.15, 0.2) is 0 Å². The number of nitrogens with one attached hydrogen (secondary N) is 1. The van der Waals surface area contributed by atoms with E-state index < -0.39 is 5.97 Å². The largest absolute Gasteiger partial charge is 0.462 e. The fraction of sp³-hybridized carbons (Fsp3) is 0.455. The quantitative estimate of drug-likeness (QED) is 0.759. The van der Waals surface area contributed by atoms with Crippen LogP contribution in [-0.2, 0) is 16.0 Å². The molecule has 1 N–H and O–H groups in total. The van der Waals surface area contributed by atoms with Crippen molar-refractivity contribution >= 4 is 17.8 Å². The second-order valence-corrected chi connectivity index (χ2v) is 7.37. The van der Waals surface area contributed by atoms with Crippen LogP contribution in [-0.4, -0.2) is 70.3 Å². The summed E-state index contributed by atoms with van der Waals surface area (Å²) in [4.78, 5) is 48.7. The number of hydrogen-bond donors (Lipinski definition) is 1. The average molecular weight is 412 g/mol. The fourth-order valence-corrected chi connectivity index (χ4v) is 3.77. The van der Waals surface area contributed by atoms with Gasteiger partial charge in [0.2, 0.25) is 5.91 Å². The van der Waals surface area contributed by atoms with Crippen LogP contribution in [0.3, 0.4) is 0 Å². The lowest BCUT2D eigenvalue weighted by Crippen LogP contribution is -2.38. The minimum absolute atomic E-state index is 0.0134. The summed E-state index contributed by atoms with van der Waals surface area (Å²) in [6, 6.07) is 5.52. The first-order chi connectivity index (χ1) is 14.4. The first-order valence-corrected chi connectivity index (χ1v) is 10.3. The SMILES string of the molecule is CCOC(=O)c1c(C)[nH]c(C(=O)N2CCCN(C(=O)Cc3ccccn3)CC2)c1C. The van der Waals surface area contributed by atoms with Gasteiger partial charge in [-0.2, -0.15) is 0 Å². The van der Waals surface area contributed by atoms with Crippen LogP contribution in [0.15, 0.2) is 24.4 Å². The number of carbonyl (C=O) groups is 3. The van der Waals surface area contributed by atoms with Crippen molar-refractivity contribution in [3.8, 4) is 0 Å². The average Bonchev–Trinajstić information content (AvgIpc) is 2.89. The molecule has 2 aromatic rings. The summed E-state index contributed by atoms with van der Waals surface area (Å²) in [5.74, 6) is -0.574. The molecule has 8 nitrogen and oxygen atoms in total. The molecule has 0 atom stereocenters. The zero-order valence-corrected chi connectivity index (χ0v) is 17.7. The van der Waals surface area contributed by atoms with Crippen molar-refractivity contribution < 1.29 is 19.1 Å². The monoisotopic (exact) mass is 412 g/mol. The maximum atomic E-state index is 13.1. The van der Waals surface area contributed by atoms with E-state index in [2.05, 4.69) is 9.97 Å². The Morgan fingerprint density at radius 3 is 2.53 bits per heavy atom. The van der Waals surface area contributed by atoms with Crippen molar-refractivity contribution in [2.45, 2.75) is 33.6 Å². The van der Waals surface area contributed by atoms with Crippen molar-refractivity contribution in [2.75, 3.05) is 32.8 Å². The van der Waals surface area contributed by atoms with Gasteiger partial charge in [0, 0.05) is 43.8 Å². The van der Waals surface area contributed by atoms with Crippen LogP contribution in [0.2, 0.25) is 0 Å². The molecule has 1 saturated heterocycles. The third-order valence-corrected chi connectivity index (χ3v) is 5.33. The van der Waals surface area contributed by atoms with E-state index in [1.54, 1.807) is 36.8 Å². The number of H-pyrrole nitrogens is 1. The Kier molecular flexibility index (Phi) is 6.87. The highest BCUT2D eigenvalue weighted by Crippen LogP contribution is 2.21. The van der Waals surface area contributed by atoms with E-state index in [9.17, 15) is 14.4 Å². The molecule has 0 radical (unpaired) electrons. The van der Waals surface area contributed by atoms with Crippen molar-refractivity contribution in [1.82, 2.24) is 19.8 Å². The lowest BCUT2D eigenvalue weighted by Gasteiger charge is -2.22. The molecule has 0 aromatic carbocycles. The van der Waals surface area contributed by atoms with Crippen LogP contribution in [0.25, 0.3) is 0 Å². The molecule has 1 fully saturated rings. The van der Waals surface area contributed by atoms with Gasteiger partial charge < -0.3 is 19.5 Å². The fourth-order valence-electron chi connectivity index (χ4n) is 3.77. The molecule has 0 spiro atoms. The van der Waals surface area contributed by atoms with E-state index in [0.29, 0.717) is 55.1 Å². The van der Waals surface area contributed by atoms with Crippen LogP contribution in [0.1, 0.15) is 51.1 Å². The number of amides is 2. The van der Waals surface area contributed by atoms with Crippen LogP contribution >= 0.6 is 0 Å². The van der Waals surface area contributed by atoms with Crippen molar-refractivity contribution in [2.24, 2.45) is 0 Å². The summed E-state index contributed by atoms with van der Waals surface area (Å²) < 4.78 is 5.10. The number of rotatable bonds is 5. The molecule has 3 rings (SSSR count). The van der Waals surface area contributed by atoms with Gasteiger partial charge in [-0.15, -0.1) is 0 Å². The van der Waals surface area contributed by atoms with E-state index in [0.717, 1.165) is 5.69 Å². The Balaban J connectivity index is 1.67. The Bertz CT molecular complexity index is 923. The number of carbonyl (C=O) groups excluding carboxylic acids is 3. The van der Waals surface area contributed by atoms with Gasteiger partial charge in [-0.3, -0.25) is 14.6 Å². The highest BCUT2D eigenvalue weighted by atomic mass is 16.5. The Labute approximate surface area is 176 Å². The molecule has 1 aliphatic heterocycles. The molecule has 160 valence electrons. The number of hydrogen-bond acceptors (Lipinski definition) is 5. The molecule has 30 heavy (non-hydrogen) atoms. The summed E-state index contributed by atoms with van der Waals surface area (Å²) in [6.45, 7) is 7.62. The van der Waals surface area contributed by atoms with Crippen LogP contribution in [0, 0.1) is 13.8 Å². The summed E-state index contributed by atoms with van der Waals surface area (Å²) >= 11 is 0. The van der Waals surface area contributed by atoms with Gasteiger partial charge in [-0.1, -0.05) is 6.07 Å². The molecule has 0 bridgehead atoms. The molecule has 0 saturated carbocycles. The number of aromatic nitrogens is 2. The maximum absolute atomic E-state index is 13.1. The van der Waals surface area contributed by atoms with Crippen LogP contribution in [0.5, 0.6) is 0 Å². The van der Waals surface area contributed by atoms with E-state index in [1.165, 1.54) is 0 Å². The van der Waals surface area contributed by atoms with Crippen molar-refractivity contribution in [1.29, 1.82) is 0 Å². The van der Waals surface area contributed by atoms with Gasteiger partial charge in [0.1, 0.15) is 5.69 Å². The highest BCUT2D eigenvalue weighted by Gasteiger charge is 2.28. The predicted molar refractivity (Wildman–Crippen MR) is 111 cm³/mol. The third-order valence-electron chi connectivity index (χ3n) is 5.33. The summed E-state index contributed by atoms with van der Waals surface area (Å²) in [5.41, 5.74) is 2.79. The third kappa shape index (κ3) is 4.69. The topological polar surface area (TPSA) is 95.6 Å².